The molecule has 1 N–H and O–H groups in total. The van der Waals surface area contributed by atoms with Gasteiger partial charge in [0.15, 0.2) is 0 Å². The Balaban J connectivity index is 1.88. The van der Waals surface area contributed by atoms with Gasteiger partial charge in [-0.05, 0) is 23.8 Å². The molecule has 2 aromatic rings. The molecular formula is C13H11ClFNO. The number of benzene rings is 2. The molecule has 0 aliphatic rings. The van der Waals surface area contributed by atoms with Crippen LogP contribution in [0, 0.1) is 5.82 Å². The van der Waals surface area contributed by atoms with Gasteiger partial charge in [-0.3, -0.25) is 10.3 Å². The molecule has 0 heterocycles. The van der Waals surface area contributed by atoms with Gasteiger partial charge in [0.25, 0.3) is 0 Å². The largest absolute Gasteiger partial charge is 0.271 e. The van der Waals surface area contributed by atoms with Crippen molar-refractivity contribution in [2.75, 3.05) is 5.48 Å². The topological polar surface area (TPSA) is 21.3 Å². The van der Waals surface area contributed by atoms with Crippen molar-refractivity contribution < 1.29 is 9.23 Å². The highest BCUT2D eigenvalue weighted by atomic mass is 35.5. The lowest BCUT2D eigenvalue weighted by atomic mass is 10.2. The van der Waals surface area contributed by atoms with Gasteiger partial charge in [0.2, 0.25) is 0 Å². The Morgan fingerprint density at radius 3 is 2.59 bits per heavy atom. The second-order valence-corrected chi connectivity index (χ2v) is 3.91. The highest BCUT2D eigenvalue weighted by Crippen LogP contribution is 2.19. The van der Waals surface area contributed by atoms with Crippen LogP contribution in [0.15, 0.2) is 48.5 Å². The minimum Gasteiger partial charge on any atom is -0.271 e. The summed E-state index contributed by atoms with van der Waals surface area (Å²) in [5, 5.41) is 0.0679. The van der Waals surface area contributed by atoms with Crippen LogP contribution in [0.4, 0.5) is 10.1 Å². The summed E-state index contributed by atoms with van der Waals surface area (Å²) in [4.78, 5) is 5.27. The Kier molecular flexibility index (Phi) is 3.96. The van der Waals surface area contributed by atoms with E-state index < -0.39 is 5.82 Å². The number of halogens is 2. The van der Waals surface area contributed by atoms with Gasteiger partial charge in [-0.25, -0.2) is 4.39 Å². The summed E-state index contributed by atoms with van der Waals surface area (Å²) < 4.78 is 12.9. The molecule has 17 heavy (non-hydrogen) atoms. The van der Waals surface area contributed by atoms with Crippen LogP contribution in [0.5, 0.6) is 0 Å². The van der Waals surface area contributed by atoms with Gasteiger partial charge in [-0.15, -0.1) is 0 Å². The van der Waals surface area contributed by atoms with Gasteiger partial charge < -0.3 is 0 Å². The zero-order chi connectivity index (χ0) is 12.1. The maximum Gasteiger partial charge on any atom is 0.141 e. The molecule has 0 aromatic heterocycles. The van der Waals surface area contributed by atoms with Crippen molar-refractivity contribution in [3.63, 3.8) is 0 Å². The Labute approximate surface area is 104 Å². The van der Waals surface area contributed by atoms with Crippen LogP contribution in [0.3, 0.4) is 0 Å². The van der Waals surface area contributed by atoms with E-state index in [0.29, 0.717) is 12.3 Å². The van der Waals surface area contributed by atoms with E-state index in [-0.39, 0.29) is 5.02 Å². The van der Waals surface area contributed by atoms with Gasteiger partial charge in [-0.1, -0.05) is 41.9 Å². The minimum absolute atomic E-state index is 0.0679. The first-order valence-electron chi connectivity index (χ1n) is 5.12. The van der Waals surface area contributed by atoms with E-state index >= 15 is 0 Å². The van der Waals surface area contributed by atoms with Gasteiger partial charge in [0.05, 0.1) is 17.3 Å². The third-order valence-corrected chi connectivity index (χ3v) is 2.48. The first-order valence-corrected chi connectivity index (χ1v) is 5.50. The SMILES string of the molecule is Fc1ccc(NOCc2ccccc2)cc1Cl. The molecule has 2 rings (SSSR count). The maximum atomic E-state index is 12.9. The van der Waals surface area contributed by atoms with Crippen LogP contribution in [0.25, 0.3) is 0 Å². The van der Waals surface area contributed by atoms with Crippen molar-refractivity contribution in [3.05, 3.63) is 64.9 Å². The molecule has 0 unspecified atom stereocenters. The molecule has 2 nitrogen and oxygen atoms in total. The Morgan fingerprint density at radius 1 is 1.12 bits per heavy atom. The summed E-state index contributed by atoms with van der Waals surface area (Å²) in [6.07, 6.45) is 0. The van der Waals surface area contributed by atoms with Crippen LogP contribution in [0.1, 0.15) is 5.56 Å². The van der Waals surface area contributed by atoms with Crippen molar-refractivity contribution in [2.45, 2.75) is 6.61 Å². The highest BCUT2D eigenvalue weighted by molar-refractivity contribution is 6.31. The summed E-state index contributed by atoms with van der Waals surface area (Å²) >= 11 is 5.64. The van der Waals surface area contributed by atoms with Crippen LogP contribution in [-0.2, 0) is 11.4 Å². The Bertz CT molecular complexity index is 490. The monoisotopic (exact) mass is 251 g/mol. The molecule has 0 spiro atoms. The van der Waals surface area contributed by atoms with Crippen LogP contribution in [0.2, 0.25) is 5.02 Å². The lowest BCUT2D eigenvalue weighted by molar-refractivity contribution is 0.180. The van der Waals surface area contributed by atoms with Crippen LogP contribution < -0.4 is 5.48 Å². The number of hydrogen-bond donors (Lipinski definition) is 1. The van der Waals surface area contributed by atoms with Crippen molar-refractivity contribution in [1.29, 1.82) is 0 Å². The predicted octanol–water partition coefficient (Wildman–Crippen LogP) is 4.02. The second kappa shape index (κ2) is 5.66. The fraction of sp³-hybridized carbons (Fsp3) is 0.0769. The predicted molar refractivity (Wildman–Crippen MR) is 66.3 cm³/mol. The molecule has 0 saturated carbocycles. The quantitative estimate of drug-likeness (QED) is 0.829. The number of nitrogens with one attached hydrogen (secondary N) is 1. The van der Waals surface area contributed by atoms with Crippen molar-refractivity contribution in [2.24, 2.45) is 0 Å². The summed E-state index contributed by atoms with van der Waals surface area (Å²) in [5.74, 6) is -0.444. The average Bonchev–Trinajstić information content (AvgIpc) is 2.35. The normalized spacial score (nSPS) is 10.2. The van der Waals surface area contributed by atoms with E-state index in [1.54, 1.807) is 6.07 Å². The van der Waals surface area contributed by atoms with E-state index in [2.05, 4.69) is 5.48 Å². The summed E-state index contributed by atoms with van der Waals surface area (Å²) in [6, 6.07) is 14.1. The number of anilines is 1. The first-order chi connectivity index (χ1) is 8.25. The second-order valence-electron chi connectivity index (χ2n) is 3.51. The zero-order valence-electron chi connectivity index (χ0n) is 8.99. The smallest absolute Gasteiger partial charge is 0.141 e. The molecule has 0 radical (unpaired) electrons. The number of hydrogen-bond acceptors (Lipinski definition) is 2. The van der Waals surface area contributed by atoms with Crippen LogP contribution in [-0.4, -0.2) is 0 Å². The molecule has 0 fully saturated rings. The summed E-state index contributed by atoms with van der Waals surface area (Å²) in [5.41, 5.74) is 4.38. The zero-order valence-corrected chi connectivity index (χ0v) is 9.75. The number of rotatable bonds is 4. The minimum atomic E-state index is -0.444. The summed E-state index contributed by atoms with van der Waals surface area (Å²) in [6.45, 7) is 0.426. The molecule has 88 valence electrons. The molecule has 0 amide bonds. The molecule has 0 saturated heterocycles. The van der Waals surface area contributed by atoms with Gasteiger partial charge in [0, 0.05) is 0 Å². The van der Waals surface area contributed by atoms with Crippen molar-refractivity contribution in [3.8, 4) is 0 Å². The van der Waals surface area contributed by atoms with E-state index in [4.69, 9.17) is 16.4 Å². The maximum absolute atomic E-state index is 12.9. The fourth-order valence-electron chi connectivity index (χ4n) is 1.34. The first kappa shape index (κ1) is 11.9. The van der Waals surface area contributed by atoms with Gasteiger partial charge in [-0.2, -0.15) is 0 Å². The summed E-state index contributed by atoms with van der Waals surface area (Å²) in [7, 11) is 0. The molecule has 2 aromatic carbocycles. The molecule has 0 aliphatic carbocycles. The van der Waals surface area contributed by atoms with Gasteiger partial charge in [0.1, 0.15) is 5.82 Å². The third kappa shape index (κ3) is 3.44. The van der Waals surface area contributed by atoms with Crippen molar-refractivity contribution >= 4 is 17.3 Å². The third-order valence-electron chi connectivity index (χ3n) is 2.19. The Morgan fingerprint density at radius 2 is 1.88 bits per heavy atom. The lowest BCUT2D eigenvalue weighted by Crippen LogP contribution is -2.01. The van der Waals surface area contributed by atoms with E-state index in [1.165, 1.54) is 12.1 Å². The fourth-order valence-corrected chi connectivity index (χ4v) is 1.52. The molecule has 0 aliphatic heterocycles. The molecular weight excluding hydrogens is 241 g/mol. The lowest BCUT2D eigenvalue weighted by Gasteiger charge is -2.07. The van der Waals surface area contributed by atoms with Gasteiger partial charge >= 0.3 is 0 Å². The molecule has 4 heteroatoms. The molecule has 0 atom stereocenters. The Hall–Kier alpha value is -1.58. The standard InChI is InChI=1S/C13H11ClFNO/c14-12-8-11(6-7-13(12)15)16-17-9-10-4-2-1-3-5-10/h1-8,16H,9H2. The van der Waals surface area contributed by atoms with E-state index in [9.17, 15) is 4.39 Å². The van der Waals surface area contributed by atoms with Crippen LogP contribution >= 0.6 is 11.6 Å². The van der Waals surface area contributed by atoms with E-state index in [0.717, 1.165) is 5.56 Å². The van der Waals surface area contributed by atoms with E-state index in [1.807, 2.05) is 30.3 Å². The highest BCUT2D eigenvalue weighted by Gasteiger charge is 2.00. The molecule has 0 bridgehead atoms. The average molecular weight is 252 g/mol. The van der Waals surface area contributed by atoms with Crippen molar-refractivity contribution in [1.82, 2.24) is 0 Å².